The maximum atomic E-state index is 15.0. The number of carbonyl (C=O) groups is 2. The van der Waals surface area contributed by atoms with Gasteiger partial charge in [-0.2, -0.15) is 0 Å². The summed E-state index contributed by atoms with van der Waals surface area (Å²) in [5.74, 6) is -1.57. The van der Waals surface area contributed by atoms with Crippen LogP contribution in [-0.4, -0.2) is 40.4 Å². The predicted octanol–water partition coefficient (Wildman–Crippen LogP) is 6.14. The van der Waals surface area contributed by atoms with E-state index in [-0.39, 0.29) is 23.3 Å². The highest BCUT2D eigenvalue weighted by molar-refractivity contribution is 5.98. The number of nitrogens with one attached hydrogen (secondary N) is 2. The van der Waals surface area contributed by atoms with Crippen LogP contribution in [0.3, 0.4) is 0 Å². The van der Waals surface area contributed by atoms with Gasteiger partial charge in [0.2, 0.25) is 5.91 Å². The van der Waals surface area contributed by atoms with Crippen molar-refractivity contribution in [3.63, 3.8) is 0 Å². The SMILES string of the molecule is Cc1cccc(F)c1C(=O)N1CCCC(C(=O)Nc2ccc3c(c2)C(C)(O)CC3)C1[C@@H]1C=CC(NC2CCCC2)=CC1. The third-order valence-electron chi connectivity index (χ3n) is 9.86. The number of rotatable bonds is 6. The van der Waals surface area contributed by atoms with E-state index in [0.717, 1.165) is 23.2 Å². The number of nitrogens with zero attached hydrogens (tertiary/aromatic N) is 1. The normalized spacial score (nSPS) is 27.5. The molecule has 4 atom stereocenters. The molecule has 2 aromatic rings. The van der Waals surface area contributed by atoms with Crippen molar-refractivity contribution in [2.75, 3.05) is 11.9 Å². The fourth-order valence-corrected chi connectivity index (χ4v) is 7.54. The third-order valence-corrected chi connectivity index (χ3v) is 9.86. The van der Waals surface area contributed by atoms with Crippen molar-refractivity contribution in [3.8, 4) is 0 Å². The molecule has 3 aliphatic carbocycles. The minimum atomic E-state index is -0.909. The summed E-state index contributed by atoms with van der Waals surface area (Å²) in [5, 5.41) is 17.6. The lowest BCUT2D eigenvalue weighted by molar-refractivity contribution is -0.123. The summed E-state index contributed by atoms with van der Waals surface area (Å²) >= 11 is 0. The number of amides is 2. The number of fused-ring (bicyclic) bond motifs is 1. The molecule has 3 N–H and O–H groups in total. The standard InChI is InChI=1S/C35H42FN3O3/c1-22-7-5-11-30(36)31(22)34(41)39-20-6-10-28(32(39)24-13-15-26(16-14-24)37-25-8-3-4-9-25)33(40)38-27-17-12-23-18-19-35(2,42)29(23)21-27/h5,7,11-13,15-17,21,24-25,28,32,37,42H,3-4,6,8-10,14,18-20H2,1-2H3,(H,38,40)/t24-,28?,32?,35?/m1/s1. The molecule has 1 saturated carbocycles. The van der Waals surface area contributed by atoms with E-state index in [2.05, 4.69) is 28.9 Å². The first-order valence-electron chi connectivity index (χ1n) is 15.6. The van der Waals surface area contributed by atoms with Gasteiger partial charge in [-0.3, -0.25) is 9.59 Å². The van der Waals surface area contributed by atoms with Crippen LogP contribution in [0.1, 0.15) is 85.3 Å². The lowest BCUT2D eigenvalue weighted by Crippen LogP contribution is -2.55. The Hall–Kier alpha value is -3.45. The summed E-state index contributed by atoms with van der Waals surface area (Å²) in [5.41, 5.74) is 3.48. The molecule has 0 spiro atoms. The number of halogens is 1. The van der Waals surface area contributed by atoms with E-state index >= 15 is 4.39 Å². The van der Waals surface area contributed by atoms with Gasteiger partial charge in [0.05, 0.1) is 23.1 Å². The molecule has 1 heterocycles. The van der Waals surface area contributed by atoms with Crippen molar-refractivity contribution >= 4 is 17.5 Å². The van der Waals surface area contributed by atoms with Gasteiger partial charge in [-0.25, -0.2) is 4.39 Å². The molecule has 4 aliphatic rings. The number of anilines is 1. The maximum Gasteiger partial charge on any atom is 0.257 e. The highest BCUT2D eigenvalue weighted by Gasteiger charge is 2.43. The van der Waals surface area contributed by atoms with Gasteiger partial charge in [0, 0.05) is 29.9 Å². The van der Waals surface area contributed by atoms with Crippen LogP contribution in [0.5, 0.6) is 0 Å². The van der Waals surface area contributed by atoms with Crippen molar-refractivity contribution in [3.05, 3.63) is 88.4 Å². The Kier molecular flexibility index (Phi) is 7.97. The van der Waals surface area contributed by atoms with Gasteiger partial charge >= 0.3 is 0 Å². The van der Waals surface area contributed by atoms with Crippen molar-refractivity contribution in [2.24, 2.45) is 11.8 Å². The number of likely N-dealkylation sites (tertiary alicyclic amines) is 1. The van der Waals surface area contributed by atoms with Gasteiger partial charge in [0.15, 0.2) is 0 Å². The number of hydrogen-bond donors (Lipinski definition) is 3. The molecule has 222 valence electrons. The molecular formula is C35H42FN3O3. The van der Waals surface area contributed by atoms with Gasteiger partial charge in [-0.1, -0.05) is 43.2 Å². The summed E-state index contributed by atoms with van der Waals surface area (Å²) in [4.78, 5) is 29.7. The van der Waals surface area contributed by atoms with Gasteiger partial charge in [0.25, 0.3) is 5.91 Å². The van der Waals surface area contributed by atoms with Crippen molar-refractivity contribution in [1.82, 2.24) is 10.2 Å². The van der Waals surface area contributed by atoms with E-state index in [1.807, 2.05) is 25.1 Å². The Morgan fingerprint density at radius 1 is 1.10 bits per heavy atom. The number of benzene rings is 2. The summed E-state index contributed by atoms with van der Waals surface area (Å²) in [6, 6.07) is 10.6. The first-order valence-corrected chi connectivity index (χ1v) is 15.6. The summed E-state index contributed by atoms with van der Waals surface area (Å²) in [6.07, 6.45) is 14.8. The highest BCUT2D eigenvalue weighted by Crippen LogP contribution is 2.39. The van der Waals surface area contributed by atoms with E-state index in [4.69, 9.17) is 0 Å². The molecule has 6 rings (SSSR count). The molecule has 1 saturated heterocycles. The molecular weight excluding hydrogens is 529 g/mol. The van der Waals surface area contributed by atoms with E-state index in [1.165, 1.54) is 31.7 Å². The second-order valence-corrected chi connectivity index (χ2v) is 12.8. The van der Waals surface area contributed by atoms with E-state index in [0.29, 0.717) is 49.5 Å². The van der Waals surface area contributed by atoms with Crippen LogP contribution in [0, 0.1) is 24.6 Å². The molecule has 2 aromatic carbocycles. The monoisotopic (exact) mass is 571 g/mol. The quantitative estimate of drug-likeness (QED) is 0.389. The molecule has 0 radical (unpaired) electrons. The van der Waals surface area contributed by atoms with Crippen LogP contribution in [0.25, 0.3) is 0 Å². The predicted molar refractivity (Wildman–Crippen MR) is 162 cm³/mol. The molecule has 3 unspecified atom stereocenters. The third kappa shape index (κ3) is 5.63. The topological polar surface area (TPSA) is 81.7 Å². The molecule has 42 heavy (non-hydrogen) atoms. The fraction of sp³-hybridized carbons (Fsp3) is 0.486. The number of hydrogen-bond acceptors (Lipinski definition) is 4. The fourth-order valence-electron chi connectivity index (χ4n) is 7.54. The Labute approximate surface area is 248 Å². The van der Waals surface area contributed by atoms with Crippen molar-refractivity contribution in [1.29, 1.82) is 0 Å². The largest absolute Gasteiger partial charge is 0.385 e. The minimum absolute atomic E-state index is 0.0769. The van der Waals surface area contributed by atoms with Crippen LogP contribution in [0.4, 0.5) is 10.1 Å². The maximum absolute atomic E-state index is 15.0. The molecule has 2 fully saturated rings. The minimum Gasteiger partial charge on any atom is -0.385 e. The Balaban J connectivity index is 1.28. The smallest absolute Gasteiger partial charge is 0.257 e. The van der Waals surface area contributed by atoms with E-state index < -0.39 is 23.4 Å². The number of piperidine rings is 1. The van der Waals surface area contributed by atoms with Crippen LogP contribution >= 0.6 is 0 Å². The number of carbonyl (C=O) groups excluding carboxylic acids is 2. The highest BCUT2D eigenvalue weighted by atomic mass is 19.1. The van der Waals surface area contributed by atoms with Crippen molar-refractivity contribution in [2.45, 2.75) is 89.3 Å². The van der Waals surface area contributed by atoms with E-state index in [1.54, 1.807) is 24.0 Å². The molecule has 0 bridgehead atoms. The zero-order valence-corrected chi connectivity index (χ0v) is 24.7. The average molecular weight is 572 g/mol. The van der Waals surface area contributed by atoms with Gasteiger partial charge in [-0.05, 0) is 99.8 Å². The first-order chi connectivity index (χ1) is 20.2. The molecule has 7 heteroatoms. The zero-order chi connectivity index (χ0) is 29.4. The van der Waals surface area contributed by atoms with Crippen LogP contribution in [0.2, 0.25) is 0 Å². The van der Waals surface area contributed by atoms with Crippen LogP contribution < -0.4 is 10.6 Å². The number of aryl methyl sites for hydroxylation is 2. The molecule has 6 nitrogen and oxygen atoms in total. The van der Waals surface area contributed by atoms with Gasteiger partial charge in [-0.15, -0.1) is 0 Å². The summed E-state index contributed by atoms with van der Waals surface area (Å²) in [6.45, 7) is 4.05. The molecule has 0 aromatic heterocycles. The number of allylic oxidation sites excluding steroid dienone is 2. The van der Waals surface area contributed by atoms with Crippen LogP contribution in [-0.2, 0) is 16.8 Å². The second-order valence-electron chi connectivity index (χ2n) is 12.8. The molecule has 1 aliphatic heterocycles. The second kappa shape index (κ2) is 11.7. The lowest BCUT2D eigenvalue weighted by Gasteiger charge is -2.44. The Morgan fingerprint density at radius 2 is 1.90 bits per heavy atom. The van der Waals surface area contributed by atoms with Gasteiger partial charge in [0.1, 0.15) is 5.82 Å². The van der Waals surface area contributed by atoms with Crippen molar-refractivity contribution < 1.29 is 19.1 Å². The summed E-state index contributed by atoms with van der Waals surface area (Å²) < 4.78 is 15.0. The lowest BCUT2D eigenvalue weighted by atomic mass is 9.77. The van der Waals surface area contributed by atoms with Crippen LogP contribution in [0.15, 0.2) is 60.3 Å². The average Bonchev–Trinajstić information content (AvgIpc) is 3.60. The first kappa shape index (κ1) is 28.7. The van der Waals surface area contributed by atoms with Gasteiger partial charge < -0.3 is 20.6 Å². The Bertz CT molecular complexity index is 1400. The van der Waals surface area contributed by atoms with E-state index in [9.17, 15) is 14.7 Å². The zero-order valence-electron chi connectivity index (χ0n) is 24.7. The summed E-state index contributed by atoms with van der Waals surface area (Å²) in [7, 11) is 0. The molecule has 2 amide bonds. The Morgan fingerprint density at radius 3 is 2.64 bits per heavy atom. The number of aliphatic hydroxyl groups is 1.